The van der Waals surface area contributed by atoms with Gasteiger partial charge >= 0.3 is 20.7 Å². The first-order valence-electron chi connectivity index (χ1n) is 13.1. The zero-order valence-electron chi connectivity index (χ0n) is 24.0. The molecule has 0 amide bonds. The third-order valence-corrected chi connectivity index (χ3v) is 19.4. The Labute approximate surface area is 218 Å². The predicted molar refractivity (Wildman–Crippen MR) is 153 cm³/mol. The summed E-state index contributed by atoms with van der Waals surface area (Å²) in [6.07, 6.45) is 10.8. The Morgan fingerprint density at radius 3 is 1.74 bits per heavy atom. The number of unbranched alkanes of at least 4 members (excludes halogenated alkanes) is 5. The molecule has 0 saturated heterocycles. The van der Waals surface area contributed by atoms with Gasteiger partial charge in [0.1, 0.15) is 0 Å². The molecule has 0 fully saturated rings. The molecular formula is C24H52O7Si4. The van der Waals surface area contributed by atoms with Gasteiger partial charge in [-0.05, 0) is 64.3 Å². The van der Waals surface area contributed by atoms with Crippen LogP contribution in [0.5, 0.6) is 0 Å². The van der Waals surface area contributed by atoms with Gasteiger partial charge in [-0.1, -0.05) is 51.9 Å². The number of hydrogen-bond donors (Lipinski definition) is 1. The highest BCUT2D eigenvalue weighted by molar-refractivity contribution is 6.90. The SMILES string of the molecule is CCCCCCCCC(CCOC(=O)/C=C/C(=O)O)[Si](C)(C)O[Si](C)(O[Si](C)(C)C)O[Si](C)(C)C. The average Bonchev–Trinajstić information content (AvgIpc) is 2.63. The summed E-state index contributed by atoms with van der Waals surface area (Å²) < 4.78 is 25.5. The molecule has 0 saturated carbocycles. The minimum Gasteiger partial charge on any atom is -0.478 e. The normalized spacial score (nSPS) is 14.3. The lowest BCUT2D eigenvalue weighted by molar-refractivity contribution is -0.138. The Hall–Kier alpha value is -0.572. The van der Waals surface area contributed by atoms with E-state index in [0.717, 1.165) is 25.0 Å². The van der Waals surface area contributed by atoms with Crippen molar-refractivity contribution in [3.63, 3.8) is 0 Å². The number of carboxylic acid groups (broad SMARTS) is 1. The summed E-state index contributed by atoms with van der Waals surface area (Å²) in [5.41, 5.74) is 0.271. The zero-order chi connectivity index (χ0) is 27.3. The molecular weight excluding hydrogens is 513 g/mol. The molecule has 1 N–H and O–H groups in total. The van der Waals surface area contributed by atoms with Crippen LogP contribution in [0.4, 0.5) is 0 Å². The average molecular weight is 565 g/mol. The van der Waals surface area contributed by atoms with Gasteiger partial charge in [0, 0.05) is 18.7 Å². The molecule has 1 atom stereocenters. The van der Waals surface area contributed by atoms with E-state index in [-0.39, 0.29) is 12.1 Å². The van der Waals surface area contributed by atoms with Crippen LogP contribution in [0.2, 0.25) is 64.5 Å². The van der Waals surface area contributed by atoms with E-state index in [0.29, 0.717) is 6.42 Å². The summed E-state index contributed by atoms with van der Waals surface area (Å²) in [6, 6.07) is 0. The van der Waals surface area contributed by atoms with Crippen LogP contribution in [-0.4, -0.2) is 57.4 Å². The van der Waals surface area contributed by atoms with E-state index in [1.165, 1.54) is 32.1 Å². The molecule has 0 spiro atoms. The minimum absolute atomic E-state index is 0.241. The van der Waals surface area contributed by atoms with Gasteiger partial charge in [0.25, 0.3) is 0 Å². The molecule has 0 aliphatic heterocycles. The van der Waals surface area contributed by atoms with E-state index < -0.39 is 45.7 Å². The second-order valence-corrected chi connectivity index (χ2v) is 28.5. The van der Waals surface area contributed by atoms with Crippen molar-refractivity contribution in [1.29, 1.82) is 0 Å². The molecule has 1 unspecified atom stereocenters. The van der Waals surface area contributed by atoms with Crippen molar-refractivity contribution in [3.05, 3.63) is 12.2 Å². The van der Waals surface area contributed by atoms with Gasteiger partial charge in [-0.15, -0.1) is 0 Å². The Bertz CT molecular complexity index is 654. The molecule has 0 rings (SSSR count). The Kier molecular flexibility index (Phi) is 15.4. The summed E-state index contributed by atoms with van der Waals surface area (Å²) in [6.45, 7) is 22.0. The summed E-state index contributed by atoms with van der Waals surface area (Å²) in [5.74, 6) is -1.80. The van der Waals surface area contributed by atoms with Gasteiger partial charge in [0.2, 0.25) is 0 Å². The van der Waals surface area contributed by atoms with Gasteiger partial charge in [0.15, 0.2) is 25.0 Å². The van der Waals surface area contributed by atoms with E-state index in [2.05, 4.69) is 65.8 Å². The van der Waals surface area contributed by atoms with Crippen molar-refractivity contribution in [2.75, 3.05) is 6.61 Å². The van der Waals surface area contributed by atoms with Crippen molar-refractivity contribution in [2.24, 2.45) is 0 Å². The number of hydrogen-bond acceptors (Lipinski definition) is 6. The smallest absolute Gasteiger partial charge is 0.466 e. The minimum atomic E-state index is -2.87. The van der Waals surface area contributed by atoms with Crippen LogP contribution in [0.15, 0.2) is 12.2 Å². The highest BCUT2D eigenvalue weighted by Crippen LogP contribution is 2.36. The van der Waals surface area contributed by atoms with Crippen molar-refractivity contribution >= 4 is 45.7 Å². The van der Waals surface area contributed by atoms with Gasteiger partial charge in [0.05, 0.1) is 6.61 Å². The maximum absolute atomic E-state index is 11.9. The molecule has 7 nitrogen and oxygen atoms in total. The lowest BCUT2D eigenvalue weighted by atomic mass is 10.1. The first-order valence-corrected chi connectivity index (χ1v) is 25.1. The fraction of sp³-hybridized carbons (Fsp3) is 0.833. The summed E-state index contributed by atoms with van der Waals surface area (Å²) in [7, 11) is -8.96. The van der Waals surface area contributed by atoms with Crippen LogP contribution < -0.4 is 0 Å². The quantitative estimate of drug-likeness (QED) is 0.0769. The fourth-order valence-electron chi connectivity index (χ4n) is 4.24. The topological polar surface area (TPSA) is 91.3 Å². The van der Waals surface area contributed by atoms with E-state index in [1.54, 1.807) is 0 Å². The second-order valence-electron chi connectivity index (χ2n) is 11.9. The first-order chi connectivity index (χ1) is 15.9. The van der Waals surface area contributed by atoms with Crippen LogP contribution in [0.3, 0.4) is 0 Å². The molecule has 0 aliphatic rings. The predicted octanol–water partition coefficient (Wildman–Crippen LogP) is 7.17. The summed E-state index contributed by atoms with van der Waals surface area (Å²) in [5, 5.41) is 8.71. The fourth-order valence-corrected chi connectivity index (χ4v) is 21.0. The molecule has 0 aliphatic carbocycles. The first kappa shape index (κ1) is 34.4. The monoisotopic (exact) mass is 564 g/mol. The lowest BCUT2D eigenvalue weighted by Gasteiger charge is -2.44. The largest absolute Gasteiger partial charge is 0.478 e. The van der Waals surface area contributed by atoms with Crippen LogP contribution in [0, 0.1) is 0 Å². The molecule has 0 aromatic rings. The molecule has 11 heteroatoms. The maximum Gasteiger partial charge on any atom is 0.466 e. The third-order valence-electron chi connectivity index (χ3n) is 5.39. The highest BCUT2D eigenvalue weighted by atomic mass is 28.5. The molecule has 0 bridgehead atoms. The van der Waals surface area contributed by atoms with E-state index >= 15 is 0 Å². The van der Waals surface area contributed by atoms with E-state index in [1.807, 2.05) is 0 Å². The second kappa shape index (κ2) is 15.6. The summed E-state index contributed by atoms with van der Waals surface area (Å²) in [4.78, 5) is 22.5. The number of carbonyl (C=O) groups is 2. The Morgan fingerprint density at radius 1 is 0.743 bits per heavy atom. The van der Waals surface area contributed by atoms with Crippen LogP contribution >= 0.6 is 0 Å². The molecule has 206 valence electrons. The maximum atomic E-state index is 11.9. The van der Waals surface area contributed by atoms with Gasteiger partial charge in [-0.2, -0.15) is 0 Å². The van der Waals surface area contributed by atoms with Crippen molar-refractivity contribution in [1.82, 2.24) is 0 Å². The number of esters is 1. The molecule has 0 heterocycles. The van der Waals surface area contributed by atoms with Gasteiger partial charge < -0.3 is 22.2 Å². The molecule has 0 radical (unpaired) electrons. The van der Waals surface area contributed by atoms with Gasteiger partial charge in [-0.25, -0.2) is 9.59 Å². The zero-order valence-corrected chi connectivity index (χ0v) is 28.0. The van der Waals surface area contributed by atoms with Crippen LogP contribution in [0.1, 0.15) is 58.3 Å². The molecule has 35 heavy (non-hydrogen) atoms. The number of aliphatic carboxylic acids is 1. The molecule has 0 aromatic heterocycles. The third kappa shape index (κ3) is 18.3. The van der Waals surface area contributed by atoms with E-state index in [4.69, 9.17) is 22.2 Å². The van der Waals surface area contributed by atoms with Crippen molar-refractivity contribution < 1.29 is 31.8 Å². The van der Waals surface area contributed by atoms with E-state index in [9.17, 15) is 9.59 Å². The molecule has 0 aromatic carbocycles. The number of carbonyl (C=O) groups excluding carboxylic acids is 1. The van der Waals surface area contributed by atoms with Gasteiger partial charge in [-0.3, -0.25) is 0 Å². The van der Waals surface area contributed by atoms with Crippen LogP contribution in [0.25, 0.3) is 0 Å². The standard InChI is InChI=1S/C24H52O7Si4/c1-11-12-13-14-15-16-17-22(20-21-28-24(27)19-18-23(25)26)34(8,9)31-35(10,29-32(2,3)4)30-33(5,6)7/h18-19,22H,11-17,20-21H2,1-10H3,(H,25,26)/b19-18+. The Morgan fingerprint density at radius 2 is 1.26 bits per heavy atom. The van der Waals surface area contributed by atoms with Crippen molar-refractivity contribution in [3.8, 4) is 0 Å². The lowest BCUT2D eigenvalue weighted by Crippen LogP contribution is -2.60. The number of carboxylic acids is 1. The highest BCUT2D eigenvalue weighted by Gasteiger charge is 2.49. The number of ether oxygens (including phenoxy) is 1. The summed E-state index contributed by atoms with van der Waals surface area (Å²) >= 11 is 0. The van der Waals surface area contributed by atoms with Crippen LogP contribution in [-0.2, 0) is 26.7 Å². The Balaban J connectivity index is 5.48. The van der Waals surface area contributed by atoms with Crippen molar-refractivity contribution in [2.45, 2.75) is 123 Å². The number of rotatable bonds is 19.